The molecule has 0 aliphatic carbocycles. The van der Waals surface area contributed by atoms with Crippen LogP contribution >= 0.6 is 0 Å². The summed E-state index contributed by atoms with van der Waals surface area (Å²) >= 11 is 0. The Morgan fingerprint density at radius 1 is 1.11 bits per heavy atom. The van der Waals surface area contributed by atoms with Crippen LogP contribution in [0.25, 0.3) is 11.4 Å². The number of ketones is 1. The number of hydrogen-bond donors (Lipinski definition) is 1. The van der Waals surface area contributed by atoms with Crippen LogP contribution in [0.1, 0.15) is 21.7 Å². The lowest BCUT2D eigenvalue weighted by atomic mass is 10.1. The van der Waals surface area contributed by atoms with Gasteiger partial charge in [0.1, 0.15) is 17.1 Å². The summed E-state index contributed by atoms with van der Waals surface area (Å²) in [5.74, 6) is -0.749. The van der Waals surface area contributed by atoms with Crippen molar-refractivity contribution in [3.8, 4) is 17.3 Å². The number of hydrogen-bond acceptors (Lipinski definition) is 8. The fourth-order valence-electron chi connectivity index (χ4n) is 2.13. The highest BCUT2D eigenvalue weighted by Gasteiger charge is 2.32. The van der Waals surface area contributed by atoms with E-state index in [9.17, 15) is 22.8 Å². The van der Waals surface area contributed by atoms with Gasteiger partial charge in [-0.1, -0.05) is 5.21 Å². The molecular weight excluding hydrogens is 383 g/mol. The van der Waals surface area contributed by atoms with E-state index in [0.717, 1.165) is 23.1 Å². The van der Waals surface area contributed by atoms with E-state index in [1.807, 2.05) is 0 Å². The minimum absolute atomic E-state index is 0.0593. The first-order valence-electron chi connectivity index (χ1n) is 7.44. The maximum atomic E-state index is 12.5. The molecule has 0 saturated heterocycles. The first-order valence-corrected chi connectivity index (χ1v) is 7.44. The van der Waals surface area contributed by atoms with E-state index in [4.69, 9.17) is 10.5 Å². The predicted octanol–water partition coefficient (Wildman–Crippen LogP) is 1.37. The van der Waals surface area contributed by atoms with E-state index in [2.05, 4.69) is 25.3 Å². The first-order chi connectivity index (χ1) is 13.2. The molecule has 28 heavy (non-hydrogen) atoms. The molecule has 3 aromatic rings. The number of carbonyl (C=O) groups is 2. The summed E-state index contributed by atoms with van der Waals surface area (Å²) in [6, 6.07) is 1.69. The predicted molar refractivity (Wildman–Crippen MR) is 84.9 cm³/mol. The third-order valence-corrected chi connectivity index (χ3v) is 3.42. The maximum Gasteiger partial charge on any atom is 0.433 e. The van der Waals surface area contributed by atoms with Crippen LogP contribution in [0.2, 0.25) is 0 Å². The maximum absolute atomic E-state index is 12.5. The van der Waals surface area contributed by atoms with Gasteiger partial charge in [-0.2, -0.15) is 13.2 Å². The third-order valence-electron chi connectivity index (χ3n) is 3.42. The van der Waals surface area contributed by atoms with Gasteiger partial charge in [0.25, 0.3) is 5.88 Å². The van der Waals surface area contributed by atoms with Gasteiger partial charge in [0.15, 0.2) is 5.69 Å². The minimum atomic E-state index is -4.61. The van der Waals surface area contributed by atoms with Gasteiger partial charge in [-0.05, 0) is 12.1 Å². The van der Waals surface area contributed by atoms with E-state index in [1.165, 1.54) is 13.2 Å². The van der Waals surface area contributed by atoms with Crippen LogP contribution in [0.4, 0.5) is 18.0 Å². The molecule has 0 aromatic carbocycles. The molecular formula is C15H10F3N7O3. The monoisotopic (exact) mass is 393 g/mol. The number of pyridine rings is 1. The van der Waals surface area contributed by atoms with Crippen LogP contribution in [0.3, 0.4) is 0 Å². The lowest BCUT2D eigenvalue weighted by Crippen LogP contribution is -2.18. The van der Waals surface area contributed by atoms with Gasteiger partial charge in [-0.15, -0.1) is 5.10 Å². The molecule has 0 atom stereocenters. The molecule has 0 aliphatic rings. The molecule has 0 radical (unpaired) electrons. The molecule has 10 nitrogen and oxygen atoms in total. The molecule has 13 heteroatoms. The molecule has 3 aromatic heterocycles. The Morgan fingerprint density at radius 2 is 1.86 bits per heavy atom. The molecule has 3 rings (SSSR count). The zero-order chi connectivity index (χ0) is 20.5. The Kier molecular flexibility index (Phi) is 4.73. The number of halogens is 3. The topological polar surface area (TPSA) is 139 Å². The molecule has 0 unspecified atom stereocenters. The van der Waals surface area contributed by atoms with Crippen molar-refractivity contribution in [3.05, 3.63) is 47.7 Å². The van der Waals surface area contributed by atoms with Crippen molar-refractivity contribution >= 4 is 11.9 Å². The first kappa shape index (κ1) is 18.9. The molecule has 144 valence electrons. The number of aromatic nitrogens is 6. The number of amides is 1. The van der Waals surface area contributed by atoms with Crippen molar-refractivity contribution in [2.24, 2.45) is 12.8 Å². The average molecular weight is 393 g/mol. The smallest absolute Gasteiger partial charge is 0.389 e. The third kappa shape index (κ3) is 3.77. The van der Waals surface area contributed by atoms with Gasteiger partial charge in [0.2, 0.25) is 5.78 Å². The fourth-order valence-corrected chi connectivity index (χ4v) is 2.13. The Bertz CT molecular complexity index is 1030. The summed E-state index contributed by atoms with van der Waals surface area (Å²) in [6.07, 6.45) is -2.62. The number of ether oxygens (including phenoxy) is 1. The SMILES string of the molecule is Cn1nnc(-c2cnc(C(=O)c3ccc(C(F)(F)F)nc3)cn2)c1OC(N)=O. The second kappa shape index (κ2) is 7.02. The molecule has 1 amide bonds. The normalized spacial score (nSPS) is 11.3. The van der Waals surface area contributed by atoms with Crippen molar-refractivity contribution in [3.63, 3.8) is 0 Å². The molecule has 0 aliphatic heterocycles. The van der Waals surface area contributed by atoms with Gasteiger partial charge >= 0.3 is 12.3 Å². The second-order valence-corrected chi connectivity index (χ2v) is 5.33. The van der Waals surface area contributed by atoms with Gasteiger partial charge in [0, 0.05) is 18.8 Å². The number of primary amides is 1. The van der Waals surface area contributed by atoms with Crippen molar-refractivity contribution in [1.29, 1.82) is 0 Å². The van der Waals surface area contributed by atoms with E-state index in [0.29, 0.717) is 6.07 Å². The summed E-state index contributed by atoms with van der Waals surface area (Å²) in [5.41, 5.74) is 3.83. The Hall–Kier alpha value is -3.90. The fraction of sp³-hybridized carbons (Fsp3) is 0.133. The number of nitrogens with zero attached hydrogens (tertiary/aromatic N) is 6. The quantitative estimate of drug-likeness (QED) is 0.656. The zero-order valence-electron chi connectivity index (χ0n) is 14.0. The number of nitrogens with two attached hydrogens (primary N) is 1. The highest BCUT2D eigenvalue weighted by atomic mass is 19.4. The number of carbonyl (C=O) groups excluding carboxylic acids is 2. The summed E-state index contributed by atoms with van der Waals surface area (Å²) in [7, 11) is 1.46. The van der Waals surface area contributed by atoms with Crippen molar-refractivity contribution in [1.82, 2.24) is 29.9 Å². The van der Waals surface area contributed by atoms with E-state index in [-0.39, 0.29) is 28.5 Å². The molecule has 3 heterocycles. The number of alkyl halides is 3. The molecule has 0 fully saturated rings. The van der Waals surface area contributed by atoms with Gasteiger partial charge in [-0.25, -0.2) is 14.5 Å². The highest BCUT2D eigenvalue weighted by molar-refractivity contribution is 6.07. The largest absolute Gasteiger partial charge is 0.433 e. The molecule has 0 spiro atoms. The Balaban J connectivity index is 1.85. The van der Waals surface area contributed by atoms with E-state index in [1.54, 1.807) is 0 Å². The lowest BCUT2D eigenvalue weighted by molar-refractivity contribution is -0.141. The van der Waals surface area contributed by atoms with Crippen LogP contribution in [-0.4, -0.2) is 41.8 Å². The van der Waals surface area contributed by atoms with Gasteiger partial charge in [-0.3, -0.25) is 14.8 Å². The number of rotatable bonds is 4. The van der Waals surface area contributed by atoms with Gasteiger partial charge < -0.3 is 10.5 Å². The molecule has 0 saturated carbocycles. The van der Waals surface area contributed by atoms with Crippen molar-refractivity contribution in [2.45, 2.75) is 6.18 Å². The highest BCUT2D eigenvalue weighted by Crippen LogP contribution is 2.28. The second-order valence-electron chi connectivity index (χ2n) is 5.33. The van der Waals surface area contributed by atoms with E-state index >= 15 is 0 Å². The van der Waals surface area contributed by atoms with Crippen molar-refractivity contribution in [2.75, 3.05) is 0 Å². The van der Waals surface area contributed by atoms with Crippen LogP contribution in [0.15, 0.2) is 30.7 Å². The minimum Gasteiger partial charge on any atom is -0.389 e. The summed E-state index contributed by atoms with van der Waals surface area (Å²) < 4.78 is 43.6. The Labute approximate surface area is 154 Å². The molecule has 0 bridgehead atoms. The number of aryl methyl sites for hydroxylation is 1. The van der Waals surface area contributed by atoms with E-state index < -0.39 is 23.7 Å². The van der Waals surface area contributed by atoms with Crippen LogP contribution in [0, 0.1) is 0 Å². The van der Waals surface area contributed by atoms with Crippen molar-refractivity contribution < 1.29 is 27.5 Å². The van der Waals surface area contributed by atoms with Crippen LogP contribution in [0.5, 0.6) is 5.88 Å². The Morgan fingerprint density at radius 3 is 2.39 bits per heavy atom. The van der Waals surface area contributed by atoms with Crippen LogP contribution < -0.4 is 10.5 Å². The summed E-state index contributed by atoms with van der Waals surface area (Å²) in [4.78, 5) is 34.4. The van der Waals surface area contributed by atoms with Crippen LogP contribution in [-0.2, 0) is 13.2 Å². The molecule has 2 N–H and O–H groups in total. The zero-order valence-corrected chi connectivity index (χ0v) is 14.0. The standard InChI is InChI=1S/C15H10F3N7O3/c1-25-13(28-14(19)27)11(23-24-25)8-5-21-9(6-20-8)12(26)7-2-3-10(22-4-7)15(16,17)18/h2-6H,1H3,(H2,19,27). The summed E-state index contributed by atoms with van der Waals surface area (Å²) in [6.45, 7) is 0. The summed E-state index contributed by atoms with van der Waals surface area (Å²) in [5, 5.41) is 7.46. The van der Waals surface area contributed by atoms with Gasteiger partial charge in [0.05, 0.1) is 12.4 Å². The lowest BCUT2D eigenvalue weighted by Gasteiger charge is -2.06. The average Bonchev–Trinajstić information content (AvgIpc) is 3.00.